The molecule has 2 aromatic carbocycles. The Labute approximate surface area is 171 Å². The third kappa shape index (κ3) is 3.56. The van der Waals surface area contributed by atoms with E-state index >= 15 is 0 Å². The van der Waals surface area contributed by atoms with Gasteiger partial charge in [-0.15, -0.1) is 0 Å². The van der Waals surface area contributed by atoms with Gasteiger partial charge in [-0.2, -0.15) is 0 Å². The molecule has 0 N–H and O–H groups in total. The van der Waals surface area contributed by atoms with Crippen molar-refractivity contribution in [2.24, 2.45) is 0 Å². The second kappa shape index (κ2) is 7.60. The Balaban J connectivity index is 1.73. The molecule has 0 radical (unpaired) electrons. The number of likely N-dealkylation sites (N-methyl/N-ethyl adjacent to an activating group) is 1. The van der Waals surface area contributed by atoms with Crippen LogP contribution in [0.25, 0.3) is 17.0 Å². The molecule has 1 saturated heterocycles. The SMILES string of the molecule is COC(=O)c1cccc(Cn2cc(/C=C3/SC(=O)N(C)C3=O)c3ccccc32)c1. The third-order valence-electron chi connectivity index (χ3n) is 4.79. The number of carbonyl (C=O) groups is 3. The van der Waals surface area contributed by atoms with E-state index in [1.165, 1.54) is 14.2 Å². The minimum atomic E-state index is -0.375. The number of carbonyl (C=O) groups excluding carboxylic acids is 3. The molecule has 0 unspecified atom stereocenters. The monoisotopic (exact) mass is 406 g/mol. The lowest BCUT2D eigenvalue weighted by atomic mass is 10.1. The Morgan fingerprint density at radius 2 is 1.93 bits per heavy atom. The predicted molar refractivity (Wildman–Crippen MR) is 113 cm³/mol. The van der Waals surface area contributed by atoms with Crippen molar-refractivity contribution < 1.29 is 19.1 Å². The number of hydrogen-bond acceptors (Lipinski definition) is 5. The highest BCUT2D eigenvalue weighted by molar-refractivity contribution is 8.18. The summed E-state index contributed by atoms with van der Waals surface area (Å²) in [5, 5.41) is 0.712. The van der Waals surface area contributed by atoms with Crippen molar-refractivity contribution in [1.82, 2.24) is 9.47 Å². The van der Waals surface area contributed by atoms with Crippen LogP contribution in [0.15, 0.2) is 59.6 Å². The number of aromatic nitrogens is 1. The number of hydrogen-bond donors (Lipinski definition) is 0. The van der Waals surface area contributed by atoms with Crippen molar-refractivity contribution in [3.63, 3.8) is 0 Å². The molecule has 6 nitrogen and oxygen atoms in total. The topological polar surface area (TPSA) is 68.6 Å². The number of rotatable bonds is 4. The largest absolute Gasteiger partial charge is 0.465 e. The van der Waals surface area contributed by atoms with E-state index in [-0.39, 0.29) is 17.1 Å². The van der Waals surface area contributed by atoms with Gasteiger partial charge in [0.1, 0.15) is 0 Å². The number of esters is 1. The van der Waals surface area contributed by atoms with Gasteiger partial charge in [0.25, 0.3) is 11.1 Å². The molecule has 0 atom stereocenters. The van der Waals surface area contributed by atoms with Crippen molar-refractivity contribution in [3.05, 3.63) is 76.3 Å². The van der Waals surface area contributed by atoms with Gasteiger partial charge in [0, 0.05) is 36.3 Å². The molecule has 4 rings (SSSR count). The molecule has 1 aromatic heterocycles. The Bertz CT molecular complexity index is 1180. The minimum Gasteiger partial charge on any atom is -0.465 e. The molecule has 7 heteroatoms. The smallest absolute Gasteiger partial charge is 0.337 e. The Kier molecular flexibility index (Phi) is 4.98. The third-order valence-corrected chi connectivity index (χ3v) is 5.75. The van der Waals surface area contributed by atoms with Gasteiger partial charge in [0.05, 0.1) is 17.6 Å². The fourth-order valence-electron chi connectivity index (χ4n) is 3.32. The molecule has 2 heterocycles. The van der Waals surface area contributed by atoms with Crippen LogP contribution in [0.1, 0.15) is 21.5 Å². The first-order valence-electron chi connectivity index (χ1n) is 8.94. The summed E-state index contributed by atoms with van der Waals surface area (Å²) >= 11 is 0.944. The molecule has 1 fully saturated rings. The quantitative estimate of drug-likeness (QED) is 0.481. The maximum atomic E-state index is 12.2. The van der Waals surface area contributed by atoms with Crippen LogP contribution in [-0.4, -0.2) is 40.7 Å². The maximum absolute atomic E-state index is 12.2. The molecule has 1 aliphatic heterocycles. The van der Waals surface area contributed by atoms with Gasteiger partial charge in [0.15, 0.2) is 0 Å². The normalized spacial score (nSPS) is 15.5. The Hall–Kier alpha value is -3.32. The van der Waals surface area contributed by atoms with Crippen LogP contribution in [-0.2, 0) is 16.1 Å². The minimum absolute atomic E-state index is 0.274. The van der Waals surface area contributed by atoms with Crippen LogP contribution in [0.4, 0.5) is 4.79 Å². The van der Waals surface area contributed by atoms with Crippen LogP contribution in [0, 0.1) is 0 Å². The molecule has 0 spiro atoms. The van der Waals surface area contributed by atoms with Crippen molar-refractivity contribution in [1.29, 1.82) is 0 Å². The number of fused-ring (bicyclic) bond motifs is 1. The predicted octanol–water partition coefficient (Wildman–Crippen LogP) is 4.14. The van der Waals surface area contributed by atoms with Crippen LogP contribution in [0.5, 0.6) is 0 Å². The molecular weight excluding hydrogens is 388 g/mol. The lowest BCUT2D eigenvalue weighted by Gasteiger charge is -2.07. The highest BCUT2D eigenvalue weighted by Crippen LogP contribution is 2.33. The molecule has 3 aromatic rings. The standard InChI is InChI=1S/C22H18N2O4S/c1-23-20(25)19(29-22(23)27)11-16-13-24(18-9-4-3-8-17(16)18)12-14-6-5-7-15(10-14)21(26)28-2/h3-11,13H,12H2,1-2H3/b19-11+. The lowest BCUT2D eigenvalue weighted by Crippen LogP contribution is -2.22. The van der Waals surface area contributed by atoms with Gasteiger partial charge >= 0.3 is 5.97 Å². The second-order valence-electron chi connectivity index (χ2n) is 6.66. The number of ether oxygens (including phenoxy) is 1. The number of benzene rings is 2. The lowest BCUT2D eigenvalue weighted by molar-refractivity contribution is -0.121. The van der Waals surface area contributed by atoms with E-state index in [1.807, 2.05) is 48.7 Å². The van der Waals surface area contributed by atoms with Crippen molar-refractivity contribution in [2.45, 2.75) is 6.54 Å². The number of thioether (sulfide) groups is 1. The van der Waals surface area contributed by atoms with Gasteiger partial charge in [-0.25, -0.2) is 4.79 Å². The molecule has 146 valence electrons. The summed E-state index contributed by atoms with van der Waals surface area (Å²) in [6.07, 6.45) is 3.72. The summed E-state index contributed by atoms with van der Waals surface area (Å²) in [6.45, 7) is 0.550. The Morgan fingerprint density at radius 3 is 2.66 bits per heavy atom. The number of nitrogens with zero attached hydrogens (tertiary/aromatic N) is 2. The highest BCUT2D eigenvalue weighted by Gasteiger charge is 2.32. The maximum Gasteiger partial charge on any atom is 0.337 e. The molecule has 1 aliphatic rings. The zero-order chi connectivity index (χ0) is 20.5. The summed E-state index contributed by atoms with van der Waals surface area (Å²) in [4.78, 5) is 37.4. The number of imide groups is 1. The van der Waals surface area contributed by atoms with Gasteiger partial charge in [0.2, 0.25) is 0 Å². The van der Waals surface area contributed by atoms with Crippen molar-refractivity contribution in [2.75, 3.05) is 14.2 Å². The molecule has 0 aliphatic carbocycles. The summed E-state index contributed by atoms with van der Waals surface area (Å²) in [7, 11) is 2.84. The van der Waals surface area contributed by atoms with Crippen LogP contribution >= 0.6 is 11.8 Å². The van der Waals surface area contributed by atoms with E-state index in [1.54, 1.807) is 12.1 Å². The summed E-state index contributed by atoms with van der Waals surface area (Å²) < 4.78 is 6.86. The average molecular weight is 406 g/mol. The fourth-order valence-corrected chi connectivity index (χ4v) is 4.14. The summed E-state index contributed by atoms with van der Waals surface area (Å²) in [6, 6.07) is 15.2. The van der Waals surface area contributed by atoms with Crippen LogP contribution in [0.3, 0.4) is 0 Å². The van der Waals surface area contributed by atoms with Crippen LogP contribution < -0.4 is 0 Å². The summed E-state index contributed by atoms with van der Waals surface area (Å²) in [5.74, 6) is -0.664. The second-order valence-corrected chi connectivity index (χ2v) is 7.66. The van der Waals surface area contributed by atoms with E-state index in [4.69, 9.17) is 4.74 Å². The highest BCUT2D eigenvalue weighted by atomic mass is 32.2. The number of methoxy groups -OCH3 is 1. The first-order chi connectivity index (χ1) is 14.0. The molecule has 0 saturated carbocycles. The summed E-state index contributed by atoms with van der Waals surface area (Å²) in [5.41, 5.74) is 3.31. The zero-order valence-electron chi connectivity index (χ0n) is 15.9. The number of para-hydroxylation sites is 1. The van der Waals surface area contributed by atoms with Crippen LogP contribution in [0.2, 0.25) is 0 Å². The fraction of sp³-hybridized carbons (Fsp3) is 0.136. The van der Waals surface area contributed by atoms with E-state index < -0.39 is 0 Å². The van der Waals surface area contributed by atoms with E-state index in [9.17, 15) is 14.4 Å². The molecule has 2 amide bonds. The zero-order valence-corrected chi connectivity index (χ0v) is 16.7. The molecular formula is C22H18N2O4S. The van der Waals surface area contributed by atoms with Gasteiger partial charge in [-0.05, 0) is 41.6 Å². The van der Waals surface area contributed by atoms with Crippen molar-refractivity contribution in [3.8, 4) is 0 Å². The van der Waals surface area contributed by atoms with E-state index in [0.717, 1.165) is 38.7 Å². The first-order valence-corrected chi connectivity index (χ1v) is 9.76. The van der Waals surface area contributed by atoms with Gasteiger partial charge < -0.3 is 9.30 Å². The Morgan fingerprint density at radius 1 is 1.14 bits per heavy atom. The van der Waals surface area contributed by atoms with Crippen molar-refractivity contribution >= 4 is 45.9 Å². The average Bonchev–Trinajstić information content (AvgIpc) is 3.20. The molecule has 29 heavy (non-hydrogen) atoms. The van der Waals surface area contributed by atoms with E-state index in [2.05, 4.69) is 4.57 Å². The first kappa shape index (κ1) is 19.0. The van der Waals surface area contributed by atoms with Gasteiger partial charge in [-0.1, -0.05) is 30.3 Å². The van der Waals surface area contributed by atoms with E-state index in [0.29, 0.717) is 17.0 Å². The molecule has 0 bridgehead atoms. The number of amides is 2. The van der Waals surface area contributed by atoms with Gasteiger partial charge in [-0.3, -0.25) is 14.5 Å².